The van der Waals surface area contributed by atoms with Crippen LogP contribution in [0.2, 0.25) is 0 Å². The fourth-order valence-electron chi connectivity index (χ4n) is 3.44. The molecule has 1 amide bonds. The molecular weight excluding hydrogens is 392 g/mol. The van der Waals surface area contributed by atoms with Crippen LogP contribution in [0.5, 0.6) is 0 Å². The zero-order valence-corrected chi connectivity index (χ0v) is 16.7. The first-order valence-electron chi connectivity index (χ1n) is 9.21. The second kappa shape index (κ2) is 8.10. The molecule has 1 aromatic carbocycles. The highest BCUT2D eigenvalue weighted by atomic mass is 32.1. The van der Waals surface area contributed by atoms with Crippen LogP contribution in [0.1, 0.15) is 5.56 Å². The van der Waals surface area contributed by atoms with E-state index in [1.165, 1.54) is 6.07 Å². The number of amides is 1. The summed E-state index contributed by atoms with van der Waals surface area (Å²) in [5.41, 5.74) is 0.909. The molecule has 1 aliphatic heterocycles. The summed E-state index contributed by atoms with van der Waals surface area (Å²) in [6.07, 6.45) is 1.59. The Morgan fingerprint density at radius 3 is 2.79 bits per heavy atom. The van der Waals surface area contributed by atoms with E-state index in [4.69, 9.17) is 0 Å². The first kappa shape index (κ1) is 19.2. The molecule has 3 heterocycles. The van der Waals surface area contributed by atoms with Gasteiger partial charge in [-0.3, -0.25) is 19.8 Å². The highest BCUT2D eigenvalue weighted by Gasteiger charge is 2.23. The Morgan fingerprint density at radius 2 is 2.03 bits per heavy atom. The van der Waals surface area contributed by atoms with Crippen molar-refractivity contribution in [2.45, 2.75) is 6.92 Å². The highest BCUT2D eigenvalue weighted by molar-refractivity contribution is 7.16. The number of nitrogens with zero attached hydrogens (tertiary/aromatic N) is 5. The van der Waals surface area contributed by atoms with E-state index < -0.39 is 4.92 Å². The number of aryl methyl sites for hydroxylation is 1. The van der Waals surface area contributed by atoms with Gasteiger partial charge in [-0.05, 0) is 30.0 Å². The minimum absolute atomic E-state index is 0.0910. The second-order valence-corrected chi connectivity index (χ2v) is 7.82. The van der Waals surface area contributed by atoms with E-state index in [2.05, 4.69) is 20.2 Å². The molecule has 150 valence electrons. The van der Waals surface area contributed by atoms with Crippen molar-refractivity contribution in [3.05, 3.63) is 51.7 Å². The molecule has 9 nitrogen and oxygen atoms in total. The van der Waals surface area contributed by atoms with E-state index in [0.29, 0.717) is 13.1 Å². The minimum Gasteiger partial charge on any atom is -0.353 e. The van der Waals surface area contributed by atoms with Gasteiger partial charge in [-0.1, -0.05) is 6.07 Å². The minimum atomic E-state index is -0.478. The third kappa shape index (κ3) is 4.17. The Labute approximate surface area is 171 Å². The van der Waals surface area contributed by atoms with Gasteiger partial charge in [0.25, 0.3) is 5.69 Å². The van der Waals surface area contributed by atoms with Gasteiger partial charge >= 0.3 is 0 Å². The van der Waals surface area contributed by atoms with Crippen molar-refractivity contribution in [1.82, 2.24) is 14.9 Å². The van der Waals surface area contributed by atoms with E-state index >= 15 is 0 Å². The van der Waals surface area contributed by atoms with Crippen LogP contribution in [-0.4, -0.2) is 58.4 Å². The predicted molar refractivity (Wildman–Crippen MR) is 113 cm³/mol. The van der Waals surface area contributed by atoms with Crippen LogP contribution >= 0.6 is 11.3 Å². The molecule has 1 fully saturated rings. The summed E-state index contributed by atoms with van der Waals surface area (Å²) in [7, 11) is 0. The third-order valence-electron chi connectivity index (χ3n) is 4.90. The Balaban J connectivity index is 1.36. The summed E-state index contributed by atoms with van der Waals surface area (Å²) in [5, 5.41) is 17.0. The van der Waals surface area contributed by atoms with Crippen molar-refractivity contribution in [3.8, 4) is 0 Å². The molecule has 0 aliphatic carbocycles. The molecule has 0 atom stereocenters. The Hall–Kier alpha value is -3.11. The number of hydrogen-bond donors (Lipinski definition) is 1. The molecule has 0 spiro atoms. The number of hydrogen-bond acceptors (Lipinski definition) is 8. The van der Waals surface area contributed by atoms with Crippen molar-refractivity contribution in [2.75, 3.05) is 42.9 Å². The summed E-state index contributed by atoms with van der Waals surface area (Å²) >= 11 is 1.59. The zero-order valence-electron chi connectivity index (χ0n) is 15.9. The Kier molecular flexibility index (Phi) is 5.36. The largest absolute Gasteiger partial charge is 0.353 e. The molecule has 10 heteroatoms. The van der Waals surface area contributed by atoms with Gasteiger partial charge in [0, 0.05) is 32.2 Å². The van der Waals surface area contributed by atoms with Crippen LogP contribution in [-0.2, 0) is 4.79 Å². The maximum absolute atomic E-state index is 12.4. The standard InChI is InChI=1S/C19H20N6O3S/c1-13-2-3-15(16(10-13)25(27)28)22-17(26)11-23-5-7-24(8-6-23)18-14-4-9-29-19(14)21-12-20-18/h2-4,9-10,12H,5-8,11H2,1H3,(H,22,26). The average Bonchev–Trinajstić information content (AvgIpc) is 3.19. The summed E-state index contributed by atoms with van der Waals surface area (Å²) < 4.78 is 0. The molecule has 1 N–H and O–H groups in total. The van der Waals surface area contributed by atoms with Crippen LogP contribution in [0.3, 0.4) is 0 Å². The molecular formula is C19H20N6O3S. The number of anilines is 2. The van der Waals surface area contributed by atoms with E-state index in [1.807, 2.05) is 16.3 Å². The van der Waals surface area contributed by atoms with Gasteiger partial charge in [0.15, 0.2) is 0 Å². The monoisotopic (exact) mass is 412 g/mol. The lowest BCUT2D eigenvalue weighted by molar-refractivity contribution is -0.384. The second-order valence-electron chi connectivity index (χ2n) is 6.93. The molecule has 29 heavy (non-hydrogen) atoms. The molecule has 1 saturated heterocycles. The summed E-state index contributed by atoms with van der Waals surface area (Å²) in [6, 6.07) is 6.81. The SMILES string of the molecule is Cc1ccc(NC(=O)CN2CCN(c3ncnc4sccc34)CC2)c([N+](=O)[O-])c1. The number of thiophene rings is 1. The van der Waals surface area contributed by atoms with Gasteiger partial charge in [0.05, 0.1) is 16.9 Å². The van der Waals surface area contributed by atoms with Gasteiger partial charge in [-0.15, -0.1) is 11.3 Å². The summed E-state index contributed by atoms with van der Waals surface area (Å²) in [5.74, 6) is 0.670. The quantitative estimate of drug-likeness (QED) is 0.507. The Bertz CT molecular complexity index is 1060. The van der Waals surface area contributed by atoms with Crippen LogP contribution in [0.4, 0.5) is 17.2 Å². The summed E-state index contributed by atoms with van der Waals surface area (Å²) in [6.45, 7) is 4.88. The lowest BCUT2D eigenvalue weighted by atomic mass is 10.2. The number of benzene rings is 1. The van der Waals surface area contributed by atoms with Gasteiger partial charge in [-0.2, -0.15) is 0 Å². The first-order valence-corrected chi connectivity index (χ1v) is 10.1. The number of piperazine rings is 1. The predicted octanol–water partition coefficient (Wildman–Crippen LogP) is 2.67. The van der Waals surface area contributed by atoms with Crippen molar-refractivity contribution < 1.29 is 9.72 Å². The fraction of sp³-hybridized carbons (Fsp3) is 0.316. The number of carbonyl (C=O) groups excluding carboxylic acids is 1. The number of carbonyl (C=O) groups is 1. The number of nitro benzene ring substituents is 1. The molecule has 0 saturated carbocycles. The topological polar surface area (TPSA) is 104 Å². The molecule has 0 radical (unpaired) electrons. The molecule has 0 unspecified atom stereocenters. The van der Waals surface area contributed by atoms with Crippen LogP contribution in [0.15, 0.2) is 36.0 Å². The van der Waals surface area contributed by atoms with E-state index in [0.717, 1.165) is 34.7 Å². The van der Waals surface area contributed by atoms with E-state index in [1.54, 1.807) is 36.7 Å². The van der Waals surface area contributed by atoms with Gasteiger partial charge < -0.3 is 10.2 Å². The maximum Gasteiger partial charge on any atom is 0.293 e. The van der Waals surface area contributed by atoms with Gasteiger partial charge in [0.2, 0.25) is 5.91 Å². The van der Waals surface area contributed by atoms with Crippen LogP contribution in [0, 0.1) is 17.0 Å². The van der Waals surface area contributed by atoms with Gasteiger partial charge in [0.1, 0.15) is 22.7 Å². The number of nitro groups is 1. The molecule has 0 bridgehead atoms. The number of aromatic nitrogens is 2. The normalized spacial score (nSPS) is 14.9. The smallest absolute Gasteiger partial charge is 0.293 e. The number of fused-ring (bicyclic) bond motifs is 1. The zero-order chi connectivity index (χ0) is 20.4. The third-order valence-corrected chi connectivity index (χ3v) is 5.72. The van der Waals surface area contributed by atoms with E-state index in [9.17, 15) is 14.9 Å². The highest BCUT2D eigenvalue weighted by Crippen LogP contribution is 2.28. The molecule has 2 aromatic heterocycles. The maximum atomic E-state index is 12.4. The van der Waals surface area contributed by atoms with Crippen LogP contribution < -0.4 is 10.2 Å². The average molecular weight is 412 g/mol. The lowest BCUT2D eigenvalue weighted by Crippen LogP contribution is -2.49. The van der Waals surface area contributed by atoms with Crippen molar-refractivity contribution >= 4 is 44.7 Å². The van der Waals surface area contributed by atoms with Crippen molar-refractivity contribution in [3.63, 3.8) is 0 Å². The van der Waals surface area contributed by atoms with Crippen molar-refractivity contribution in [1.29, 1.82) is 0 Å². The first-order chi connectivity index (χ1) is 14.0. The summed E-state index contributed by atoms with van der Waals surface area (Å²) in [4.78, 5) is 37.1. The van der Waals surface area contributed by atoms with Crippen LogP contribution in [0.25, 0.3) is 10.2 Å². The van der Waals surface area contributed by atoms with Crippen molar-refractivity contribution in [2.24, 2.45) is 0 Å². The molecule has 3 aromatic rings. The van der Waals surface area contributed by atoms with E-state index in [-0.39, 0.29) is 23.8 Å². The molecule has 4 rings (SSSR count). The number of nitrogens with one attached hydrogen (secondary N) is 1. The lowest BCUT2D eigenvalue weighted by Gasteiger charge is -2.35. The number of rotatable bonds is 5. The Morgan fingerprint density at radius 1 is 1.24 bits per heavy atom. The fourth-order valence-corrected chi connectivity index (χ4v) is 4.17. The molecule has 1 aliphatic rings. The van der Waals surface area contributed by atoms with Gasteiger partial charge in [-0.25, -0.2) is 9.97 Å².